The number of anilines is 1. The molecule has 0 saturated carbocycles. The van der Waals surface area contributed by atoms with Crippen molar-refractivity contribution in [2.75, 3.05) is 31.6 Å². The standard InChI is InChI=1S/C22H28N4O5/c1-30-17-4-2-14(3-5-17)8-18-21(19(28)11-24-18)31-22(29)25-10-15-6-7-23-20(9-15)26-12-16(27)13-26/h2-7,9,16,18-19,21,24,27-28H,8,10-13H2,1H3,(H,25,29)/t18-,19+,21+/m1/s1. The van der Waals surface area contributed by atoms with E-state index in [2.05, 4.69) is 15.6 Å². The van der Waals surface area contributed by atoms with Gasteiger partial charge in [-0.3, -0.25) is 0 Å². The zero-order chi connectivity index (χ0) is 21.8. The van der Waals surface area contributed by atoms with Gasteiger partial charge in [-0.2, -0.15) is 0 Å². The Balaban J connectivity index is 1.30. The fraction of sp³-hybridized carbons (Fsp3) is 0.455. The third kappa shape index (κ3) is 5.25. The Morgan fingerprint density at radius 3 is 2.71 bits per heavy atom. The predicted molar refractivity (Wildman–Crippen MR) is 114 cm³/mol. The minimum atomic E-state index is -0.764. The lowest BCUT2D eigenvalue weighted by atomic mass is 10.0. The number of amides is 1. The number of ether oxygens (including phenoxy) is 2. The molecule has 1 amide bonds. The summed E-state index contributed by atoms with van der Waals surface area (Å²) in [5, 5.41) is 25.7. The van der Waals surface area contributed by atoms with Crippen molar-refractivity contribution in [1.82, 2.24) is 15.6 Å². The van der Waals surface area contributed by atoms with Crippen molar-refractivity contribution in [2.45, 2.75) is 37.3 Å². The zero-order valence-electron chi connectivity index (χ0n) is 17.4. The highest BCUT2D eigenvalue weighted by Crippen LogP contribution is 2.21. The predicted octanol–water partition coefficient (Wildman–Crippen LogP) is 0.441. The smallest absolute Gasteiger partial charge is 0.407 e. The molecule has 2 aliphatic heterocycles. The van der Waals surface area contributed by atoms with Gasteiger partial charge in [-0.1, -0.05) is 12.1 Å². The number of carbonyl (C=O) groups excluding carboxylic acids is 1. The molecule has 4 rings (SSSR count). The van der Waals surface area contributed by atoms with Crippen molar-refractivity contribution in [1.29, 1.82) is 0 Å². The fourth-order valence-corrected chi connectivity index (χ4v) is 3.86. The number of methoxy groups -OCH3 is 1. The van der Waals surface area contributed by atoms with Crippen molar-refractivity contribution >= 4 is 11.9 Å². The van der Waals surface area contributed by atoms with Crippen LogP contribution in [0.4, 0.5) is 10.6 Å². The van der Waals surface area contributed by atoms with Crippen LogP contribution in [0.5, 0.6) is 5.75 Å². The number of carbonyl (C=O) groups is 1. The molecule has 3 heterocycles. The van der Waals surface area contributed by atoms with E-state index in [4.69, 9.17) is 9.47 Å². The molecule has 4 N–H and O–H groups in total. The highest BCUT2D eigenvalue weighted by molar-refractivity contribution is 5.67. The molecule has 0 unspecified atom stereocenters. The molecule has 1 aromatic carbocycles. The molecule has 31 heavy (non-hydrogen) atoms. The highest BCUT2D eigenvalue weighted by Gasteiger charge is 2.37. The van der Waals surface area contributed by atoms with Crippen LogP contribution in [-0.4, -0.2) is 72.4 Å². The molecule has 0 bridgehead atoms. The Labute approximate surface area is 181 Å². The number of benzene rings is 1. The van der Waals surface area contributed by atoms with Gasteiger partial charge in [0.2, 0.25) is 0 Å². The summed E-state index contributed by atoms with van der Waals surface area (Å²) in [5.41, 5.74) is 1.94. The fourth-order valence-electron chi connectivity index (χ4n) is 3.86. The quantitative estimate of drug-likeness (QED) is 0.502. The van der Waals surface area contributed by atoms with Gasteiger partial charge in [0.1, 0.15) is 23.8 Å². The summed E-state index contributed by atoms with van der Waals surface area (Å²) < 4.78 is 10.7. The van der Waals surface area contributed by atoms with Gasteiger partial charge in [0.25, 0.3) is 0 Å². The molecule has 0 aliphatic carbocycles. The molecule has 0 spiro atoms. The largest absolute Gasteiger partial charge is 0.497 e. The van der Waals surface area contributed by atoms with Gasteiger partial charge in [0.15, 0.2) is 0 Å². The maximum Gasteiger partial charge on any atom is 0.407 e. The van der Waals surface area contributed by atoms with E-state index < -0.39 is 18.3 Å². The zero-order valence-corrected chi connectivity index (χ0v) is 17.4. The number of nitrogens with one attached hydrogen (secondary N) is 2. The van der Waals surface area contributed by atoms with Crippen molar-refractivity contribution in [3.63, 3.8) is 0 Å². The average molecular weight is 428 g/mol. The van der Waals surface area contributed by atoms with E-state index in [-0.39, 0.29) is 18.7 Å². The molecule has 9 heteroatoms. The Bertz CT molecular complexity index is 888. The van der Waals surface area contributed by atoms with Crippen LogP contribution < -0.4 is 20.3 Å². The van der Waals surface area contributed by atoms with Crippen LogP contribution in [-0.2, 0) is 17.7 Å². The Kier molecular flexibility index (Phi) is 6.55. The Morgan fingerprint density at radius 2 is 2.00 bits per heavy atom. The van der Waals surface area contributed by atoms with Crippen LogP contribution in [0.15, 0.2) is 42.6 Å². The van der Waals surface area contributed by atoms with E-state index >= 15 is 0 Å². The second-order valence-electron chi connectivity index (χ2n) is 7.94. The first kappa shape index (κ1) is 21.4. The van der Waals surface area contributed by atoms with Crippen molar-refractivity contribution < 1.29 is 24.5 Å². The highest BCUT2D eigenvalue weighted by atomic mass is 16.6. The van der Waals surface area contributed by atoms with Gasteiger partial charge in [-0.25, -0.2) is 9.78 Å². The summed E-state index contributed by atoms with van der Waals surface area (Å²) in [6.45, 7) is 1.78. The van der Waals surface area contributed by atoms with Gasteiger partial charge in [0.05, 0.1) is 19.3 Å². The minimum Gasteiger partial charge on any atom is -0.497 e. The summed E-state index contributed by atoms with van der Waals surface area (Å²) in [5.74, 6) is 1.55. The third-order valence-corrected chi connectivity index (χ3v) is 5.66. The number of alkyl carbamates (subject to hydrolysis) is 1. The maximum atomic E-state index is 12.4. The van der Waals surface area contributed by atoms with E-state index in [0.717, 1.165) is 22.7 Å². The topological polar surface area (TPSA) is 116 Å². The molecular weight excluding hydrogens is 400 g/mol. The van der Waals surface area contributed by atoms with Crippen molar-refractivity contribution in [3.8, 4) is 5.75 Å². The van der Waals surface area contributed by atoms with Crippen LogP contribution in [0.2, 0.25) is 0 Å². The van der Waals surface area contributed by atoms with E-state index in [9.17, 15) is 15.0 Å². The van der Waals surface area contributed by atoms with Gasteiger partial charge < -0.3 is 35.2 Å². The second-order valence-corrected chi connectivity index (χ2v) is 7.94. The van der Waals surface area contributed by atoms with Gasteiger partial charge in [-0.15, -0.1) is 0 Å². The van der Waals surface area contributed by atoms with E-state index in [1.165, 1.54) is 0 Å². The molecule has 1 aromatic heterocycles. The Morgan fingerprint density at radius 1 is 1.23 bits per heavy atom. The first-order chi connectivity index (χ1) is 15.0. The number of pyridine rings is 1. The van der Waals surface area contributed by atoms with Crippen LogP contribution in [0.1, 0.15) is 11.1 Å². The van der Waals surface area contributed by atoms with E-state index in [1.807, 2.05) is 41.3 Å². The van der Waals surface area contributed by atoms with Crippen molar-refractivity contribution in [2.24, 2.45) is 0 Å². The Hall–Kier alpha value is -2.88. The number of rotatable bonds is 7. The number of aliphatic hydroxyl groups is 2. The molecule has 2 fully saturated rings. The van der Waals surface area contributed by atoms with Crippen LogP contribution in [0, 0.1) is 0 Å². The molecule has 2 aliphatic rings. The molecule has 2 saturated heterocycles. The van der Waals surface area contributed by atoms with Crippen LogP contribution in [0.25, 0.3) is 0 Å². The number of aromatic nitrogens is 1. The summed E-state index contributed by atoms with van der Waals surface area (Å²) in [4.78, 5) is 18.6. The summed E-state index contributed by atoms with van der Waals surface area (Å²) in [6, 6.07) is 11.2. The molecule has 2 aromatic rings. The molecule has 0 radical (unpaired) electrons. The molecule has 9 nitrogen and oxygen atoms in total. The number of hydrogen-bond acceptors (Lipinski definition) is 8. The SMILES string of the molecule is COc1ccc(C[C@H]2NC[C@H](O)[C@H]2OC(=O)NCc2ccnc(N3CC(O)C3)c2)cc1. The number of β-amino-alcohol motifs (C(OH)–C–C–N with tert-alkyl or cyclic N) is 2. The number of aliphatic hydroxyl groups excluding tert-OH is 2. The molecule has 166 valence electrons. The third-order valence-electron chi connectivity index (χ3n) is 5.66. The number of nitrogens with zero attached hydrogens (tertiary/aromatic N) is 2. The maximum absolute atomic E-state index is 12.4. The normalized spacial score (nSPS) is 23.3. The molecular formula is C22H28N4O5. The van der Waals surface area contributed by atoms with Gasteiger partial charge in [-0.05, 0) is 41.8 Å². The number of hydrogen-bond donors (Lipinski definition) is 4. The summed E-state index contributed by atoms with van der Waals surface area (Å²) >= 11 is 0. The lowest BCUT2D eigenvalue weighted by Gasteiger charge is -2.36. The minimum absolute atomic E-state index is 0.181. The van der Waals surface area contributed by atoms with E-state index in [0.29, 0.717) is 26.1 Å². The van der Waals surface area contributed by atoms with Gasteiger partial charge >= 0.3 is 6.09 Å². The second kappa shape index (κ2) is 9.51. The van der Waals surface area contributed by atoms with E-state index in [1.54, 1.807) is 13.3 Å². The van der Waals surface area contributed by atoms with Crippen molar-refractivity contribution in [3.05, 3.63) is 53.7 Å². The summed E-state index contributed by atoms with van der Waals surface area (Å²) in [7, 11) is 1.62. The van der Waals surface area contributed by atoms with Gasteiger partial charge in [0, 0.05) is 32.4 Å². The summed E-state index contributed by atoms with van der Waals surface area (Å²) in [6.07, 6.45) is 0.00453. The lowest BCUT2D eigenvalue weighted by molar-refractivity contribution is 0.0188. The van der Waals surface area contributed by atoms with Crippen LogP contribution >= 0.6 is 0 Å². The average Bonchev–Trinajstić information content (AvgIpc) is 3.10. The monoisotopic (exact) mass is 428 g/mol. The lowest BCUT2D eigenvalue weighted by Crippen LogP contribution is -2.51. The van der Waals surface area contributed by atoms with Crippen LogP contribution in [0.3, 0.4) is 0 Å². The molecule has 3 atom stereocenters. The first-order valence-corrected chi connectivity index (χ1v) is 10.4. The first-order valence-electron chi connectivity index (χ1n) is 10.4.